The second kappa shape index (κ2) is 5.97. The van der Waals surface area contributed by atoms with Crippen LogP contribution in [0.15, 0.2) is 18.2 Å². The van der Waals surface area contributed by atoms with Crippen LogP contribution in [-0.2, 0) is 0 Å². The molecule has 0 aromatic heterocycles. The Morgan fingerprint density at radius 1 is 1.44 bits per heavy atom. The van der Waals surface area contributed by atoms with Crippen molar-refractivity contribution in [2.45, 2.75) is 26.3 Å². The summed E-state index contributed by atoms with van der Waals surface area (Å²) in [6.45, 7) is 5.15. The van der Waals surface area contributed by atoms with E-state index in [1.807, 2.05) is 12.1 Å². The zero-order valence-corrected chi connectivity index (χ0v) is 10.5. The van der Waals surface area contributed by atoms with E-state index in [9.17, 15) is 0 Å². The molecule has 0 radical (unpaired) electrons. The predicted molar refractivity (Wildman–Crippen MR) is 70.0 cm³/mol. The SMILES string of the molecule is CC(C)N(CCCO)c1cc(Cl)ccc1N. The van der Waals surface area contributed by atoms with Gasteiger partial charge in [-0.25, -0.2) is 0 Å². The summed E-state index contributed by atoms with van der Waals surface area (Å²) >= 11 is 5.97. The highest BCUT2D eigenvalue weighted by molar-refractivity contribution is 6.31. The van der Waals surface area contributed by atoms with Crippen LogP contribution in [0.1, 0.15) is 20.3 Å². The number of nitrogen functional groups attached to an aromatic ring is 1. The van der Waals surface area contributed by atoms with Crippen LogP contribution < -0.4 is 10.6 Å². The van der Waals surface area contributed by atoms with Crippen molar-refractivity contribution in [1.82, 2.24) is 0 Å². The molecule has 3 N–H and O–H groups in total. The lowest BCUT2D eigenvalue weighted by molar-refractivity contribution is 0.288. The number of anilines is 2. The quantitative estimate of drug-likeness (QED) is 0.781. The Kier molecular flexibility index (Phi) is 4.90. The largest absolute Gasteiger partial charge is 0.397 e. The highest BCUT2D eigenvalue weighted by Gasteiger charge is 2.13. The van der Waals surface area contributed by atoms with Gasteiger partial charge in [-0.1, -0.05) is 11.6 Å². The Morgan fingerprint density at radius 3 is 2.69 bits per heavy atom. The first-order chi connectivity index (χ1) is 7.56. The zero-order chi connectivity index (χ0) is 12.1. The van der Waals surface area contributed by atoms with Gasteiger partial charge in [0.25, 0.3) is 0 Å². The maximum Gasteiger partial charge on any atom is 0.0617 e. The molecule has 1 aromatic rings. The molecular weight excluding hydrogens is 224 g/mol. The van der Waals surface area contributed by atoms with Crippen LogP contribution in [0.25, 0.3) is 0 Å². The molecule has 0 heterocycles. The number of hydrogen-bond donors (Lipinski definition) is 2. The van der Waals surface area contributed by atoms with Crippen molar-refractivity contribution in [1.29, 1.82) is 0 Å². The van der Waals surface area contributed by atoms with Gasteiger partial charge in [-0.2, -0.15) is 0 Å². The maximum absolute atomic E-state index is 8.88. The molecular formula is C12H19ClN2O. The summed E-state index contributed by atoms with van der Waals surface area (Å²) in [5.41, 5.74) is 7.60. The Labute approximate surface area is 102 Å². The third-order valence-electron chi connectivity index (χ3n) is 2.48. The standard InChI is InChI=1S/C12H19ClN2O/c1-9(2)15(6-3-7-16)12-8-10(13)4-5-11(12)14/h4-5,8-9,16H,3,6-7,14H2,1-2H3. The van der Waals surface area contributed by atoms with Crippen LogP contribution in [0, 0.1) is 0 Å². The minimum Gasteiger partial charge on any atom is -0.397 e. The first kappa shape index (κ1) is 13.1. The average molecular weight is 243 g/mol. The molecule has 0 unspecified atom stereocenters. The number of nitrogens with zero attached hydrogens (tertiary/aromatic N) is 1. The lowest BCUT2D eigenvalue weighted by Crippen LogP contribution is -2.32. The van der Waals surface area contributed by atoms with E-state index in [-0.39, 0.29) is 6.61 Å². The molecule has 3 nitrogen and oxygen atoms in total. The Morgan fingerprint density at radius 2 is 2.12 bits per heavy atom. The summed E-state index contributed by atoms with van der Waals surface area (Å²) in [5.74, 6) is 0. The van der Waals surface area contributed by atoms with Gasteiger partial charge in [-0.15, -0.1) is 0 Å². The van der Waals surface area contributed by atoms with Crippen LogP contribution >= 0.6 is 11.6 Å². The highest BCUT2D eigenvalue weighted by atomic mass is 35.5. The molecule has 0 aliphatic carbocycles. The lowest BCUT2D eigenvalue weighted by Gasteiger charge is -2.30. The van der Waals surface area contributed by atoms with Crippen molar-refractivity contribution >= 4 is 23.0 Å². The molecule has 1 aromatic carbocycles. The molecule has 0 fully saturated rings. The second-order valence-electron chi connectivity index (χ2n) is 4.07. The number of halogens is 1. The molecule has 0 saturated carbocycles. The van der Waals surface area contributed by atoms with Crippen molar-refractivity contribution in [2.75, 3.05) is 23.8 Å². The number of rotatable bonds is 5. The normalized spacial score (nSPS) is 10.8. The van der Waals surface area contributed by atoms with Gasteiger partial charge < -0.3 is 15.7 Å². The molecule has 90 valence electrons. The Hall–Kier alpha value is -0.930. The first-order valence-corrected chi connectivity index (χ1v) is 5.86. The van der Waals surface area contributed by atoms with Crippen molar-refractivity contribution in [2.24, 2.45) is 0 Å². The van der Waals surface area contributed by atoms with Crippen LogP contribution in [0.3, 0.4) is 0 Å². The van der Waals surface area contributed by atoms with Crippen LogP contribution in [0.2, 0.25) is 5.02 Å². The summed E-state index contributed by atoms with van der Waals surface area (Å²) in [6.07, 6.45) is 0.726. The predicted octanol–water partition coefficient (Wildman–Crippen LogP) is 2.52. The molecule has 4 heteroatoms. The minimum atomic E-state index is 0.184. The van der Waals surface area contributed by atoms with Gasteiger partial charge in [-0.3, -0.25) is 0 Å². The average Bonchev–Trinajstić information content (AvgIpc) is 2.23. The molecule has 1 rings (SSSR count). The topological polar surface area (TPSA) is 49.5 Å². The van der Waals surface area contributed by atoms with Gasteiger partial charge in [0.15, 0.2) is 0 Å². The fraction of sp³-hybridized carbons (Fsp3) is 0.500. The summed E-state index contributed by atoms with van der Waals surface area (Å²) in [5, 5.41) is 9.56. The molecule has 0 aliphatic heterocycles. The van der Waals surface area contributed by atoms with Gasteiger partial charge in [0, 0.05) is 24.2 Å². The van der Waals surface area contributed by atoms with E-state index in [2.05, 4.69) is 18.7 Å². The Balaban J connectivity index is 2.95. The monoisotopic (exact) mass is 242 g/mol. The number of nitrogens with two attached hydrogens (primary N) is 1. The number of hydrogen-bond acceptors (Lipinski definition) is 3. The number of aliphatic hydroxyl groups excluding tert-OH is 1. The number of benzene rings is 1. The van der Waals surface area contributed by atoms with Crippen molar-refractivity contribution < 1.29 is 5.11 Å². The molecule has 0 saturated heterocycles. The number of aliphatic hydroxyl groups is 1. The molecule has 0 aliphatic rings. The van der Waals surface area contributed by atoms with Gasteiger partial charge in [0.2, 0.25) is 0 Å². The van der Waals surface area contributed by atoms with Gasteiger partial charge in [0.05, 0.1) is 11.4 Å². The maximum atomic E-state index is 8.88. The smallest absolute Gasteiger partial charge is 0.0617 e. The van der Waals surface area contributed by atoms with Gasteiger partial charge in [0.1, 0.15) is 0 Å². The van der Waals surface area contributed by atoms with Gasteiger partial charge >= 0.3 is 0 Å². The lowest BCUT2D eigenvalue weighted by atomic mass is 10.2. The minimum absolute atomic E-state index is 0.184. The van der Waals surface area contributed by atoms with E-state index in [4.69, 9.17) is 22.4 Å². The van der Waals surface area contributed by atoms with E-state index < -0.39 is 0 Å². The third kappa shape index (κ3) is 3.29. The van der Waals surface area contributed by atoms with E-state index in [1.54, 1.807) is 6.07 Å². The summed E-state index contributed by atoms with van der Waals surface area (Å²) in [6, 6.07) is 5.79. The zero-order valence-electron chi connectivity index (χ0n) is 9.78. The Bertz CT molecular complexity index is 342. The fourth-order valence-electron chi connectivity index (χ4n) is 1.66. The molecule has 0 amide bonds. The van der Waals surface area contributed by atoms with E-state index in [1.165, 1.54) is 0 Å². The molecule has 16 heavy (non-hydrogen) atoms. The summed E-state index contributed by atoms with van der Waals surface area (Å²) in [7, 11) is 0. The summed E-state index contributed by atoms with van der Waals surface area (Å²) in [4.78, 5) is 2.15. The van der Waals surface area contributed by atoms with E-state index in [0.717, 1.165) is 24.3 Å². The molecule has 0 spiro atoms. The molecule has 0 bridgehead atoms. The third-order valence-corrected chi connectivity index (χ3v) is 2.72. The van der Waals surface area contributed by atoms with Gasteiger partial charge in [-0.05, 0) is 38.5 Å². The highest BCUT2D eigenvalue weighted by Crippen LogP contribution is 2.28. The first-order valence-electron chi connectivity index (χ1n) is 5.48. The van der Waals surface area contributed by atoms with Crippen LogP contribution in [0.4, 0.5) is 11.4 Å². The van der Waals surface area contributed by atoms with Crippen LogP contribution in [-0.4, -0.2) is 24.3 Å². The second-order valence-corrected chi connectivity index (χ2v) is 4.50. The summed E-state index contributed by atoms with van der Waals surface area (Å²) < 4.78 is 0. The fourth-order valence-corrected chi connectivity index (χ4v) is 1.83. The van der Waals surface area contributed by atoms with E-state index in [0.29, 0.717) is 11.1 Å². The van der Waals surface area contributed by atoms with Crippen LogP contribution in [0.5, 0.6) is 0 Å². The van der Waals surface area contributed by atoms with Crippen molar-refractivity contribution in [3.63, 3.8) is 0 Å². The van der Waals surface area contributed by atoms with Crippen molar-refractivity contribution in [3.05, 3.63) is 23.2 Å². The molecule has 0 atom stereocenters. The van der Waals surface area contributed by atoms with Crippen molar-refractivity contribution in [3.8, 4) is 0 Å². The van der Waals surface area contributed by atoms with E-state index >= 15 is 0 Å².